The van der Waals surface area contributed by atoms with E-state index >= 15 is 8.78 Å². The number of piperazine rings is 1. The number of rotatable bonds is 10. The van der Waals surface area contributed by atoms with Crippen molar-refractivity contribution in [3.63, 3.8) is 0 Å². The average molecular weight is 631 g/mol. The Morgan fingerprint density at radius 1 is 0.591 bits per heavy atom. The van der Waals surface area contributed by atoms with Gasteiger partial charge in [-0.3, -0.25) is 9.80 Å². The second-order valence-electron chi connectivity index (χ2n) is 10.5. The second-order valence-corrected chi connectivity index (χ2v) is 12.5. The molecular formula is C30H28F2N10S2. The van der Waals surface area contributed by atoms with E-state index in [0.717, 1.165) is 9.75 Å². The fourth-order valence-corrected chi connectivity index (χ4v) is 7.16. The third kappa shape index (κ3) is 5.80. The summed E-state index contributed by atoms with van der Waals surface area (Å²) in [6.45, 7) is 3.22. The lowest BCUT2D eigenvalue weighted by atomic mass is 10.00. The molecule has 1 fully saturated rings. The number of hydrogen-bond donors (Lipinski definition) is 0. The van der Waals surface area contributed by atoms with Crippen LogP contribution in [0.15, 0.2) is 83.6 Å². The third-order valence-electron chi connectivity index (χ3n) is 7.86. The first kappa shape index (κ1) is 28.5. The number of hydrogen-bond acceptors (Lipinski definition) is 10. The Labute approximate surface area is 260 Å². The Bertz CT molecular complexity index is 1660. The van der Waals surface area contributed by atoms with Crippen LogP contribution in [0.3, 0.4) is 0 Å². The summed E-state index contributed by atoms with van der Waals surface area (Å²) in [6.07, 6.45) is 0. The molecule has 6 aromatic rings. The van der Waals surface area contributed by atoms with Crippen molar-refractivity contribution in [2.75, 3.05) is 26.2 Å². The highest BCUT2D eigenvalue weighted by Crippen LogP contribution is 2.34. The molecule has 1 aliphatic heterocycles. The number of thiophene rings is 2. The maximum absolute atomic E-state index is 15.4. The highest BCUT2D eigenvalue weighted by Gasteiger charge is 2.37. The molecule has 0 aliphatic carbocycles. The molecule has 2 unspecified atom stereocenters. The van der Waals surface area contributed by atoms with Crippen LogP contribution >= 0.6 is 22.7 Å². The van der Waals surface area contributed by atoms with Crippen molar-refractivity contribution in [3.05, 3.63) is 128 Å². The molecule has 5 heterocycles. The molecule has 0 amide bonds. The van der Waals surface area contributed by atoms with Gasteiger partial charge in [0.05, 0.1) is 13.1 Å². The van der Waals surface area contributed by atoms with Crippen LogP contribution in [0, 0.1) is 11.6 Å². The van der Waals surface area contributed by atoms with Gasteiger partial charge in [0.25, 0.3) is 0 Å². The number of nitrogens with zero attached hydrogens (tertiary/aromatic N) is 10. The minimum atomic E-state index is -0.510. The van der Waals surface area contributed by atoms with E-state index in [1.807, 2.05) is 47.2 Å². The molecule has 0 saturated carbocycles. The Kier molecular flexibility index (Phi) is 8.29. The molecule has 44 heavy (non-hydrogen) atoms. The lowest BCUT2D eigenvalue weighted by Gasteiger charge is -2.41. The van der Waals surface area contributed by atoms with Crippen LogP contribution in [-0.2, 0) is 13.1 Å². The molecule has 1 aliphatic rings. The molecule has 2 atom stereocenters. The highest BCUT2D eigenvalue weighted by atomic mass is 32.1. The predicted octanol–water partition coefficient (Wildman–Crippen LogP) is 4.65. The van der Waals surface area contributed by atoms with Crippen molar-refractivity contribution in [2.45, 2.75) is 25.2 Å². The summed E-state index contributed by atoms with van der Waals surface area (Å²) in [5.74, 6) is 0.509. The standard InChI is InChI=1S/C30H28F2N10S2/c31-25-11-3-1-9-23(25)27(29-33-35-37-41(29)19-21-7-5-17-43-21)39-13-15-40(16-14-39)28(24-10-2-4-12-26(24)32)30-34-36-38-42(30)20-22-8-6-18-44-22/h1-12,17-18,27-28H,13-16,19-20H2. The van der Waals surface area contributed by atoms with Crippen LogP contribution in [0.4, 0.5) is 8.78 Å². The van der Waals surface area contributed by atoms with Crippen molar-refractivity contribution in [1.82, 2.24) is 50.2 Å². The smallest absolute Gasteiger partial charge is 0.173 e. The SMILES string of the molecule is Fc1ccccc1C(c1nnnn1Cc1cccs1)N1CCN(C(c2ccccc2F)c2nnnn2Cc2cccs2)CC1. The molecule has 10 nitrogen and oxygen atoms in total. The number of tetrazole rings is 2. The molecule has 1 saturated heterocycles. The van der Waals surface area contributed by atoms with Gasteiger partial charge in [0.15, 0.2) is 11.6 Å². The summed E-state index contributed by atoms with van der Waals surface area (Å²) in [6, 6.07) is 20.5. The van der Waals surface area contributed by atoms with Crippen LogP contribution in [0.2, 0.25) is 0 Å². The van der Waals surface area contributed by atoms with Crippen LogP contribution in [0.1, 0.15) is 44.6 Å². The van der Waals surface area contributed by atoms with E-state index in [2.05, 4.69) is 40.9 Å². The zero-order chi connectivity index (χ0) is 29.9. The molecule has 0 radical (unpaired) electrons. The van der Waals surface area contributed by atoms with Gasteiger partial charge in [-0.2, -0.15) is 0 Å². The van der Waals surface area contributed by atoms with Crippen molar-refractivity contribution in [1.29, 1.82) is 0 Å². The van der Waals surface area contributed by atoms with E-state index in [1.165, 1.54) is 12.1 Å². The van der Waals surface area contributed by atoms with Crippen molar-refractivity contribution in [3.8, 4) is 0 Å². The Morgan fingerprint density at radius 3 is 1.41 bits per heavy atom. The van der Waals surface area contributed by atoms with Crippen LogP contribution in [0.5, 0.6) is 0 Å². The average Bonchev–Trinajstić information content (AvgIpc) is 3.88. The van der Waals surface area contributed by atoms with Gasteiger partial charge in [-0.1, -0.05) is 48.5 Å². The molecule has 0 spiro atoms. The first-order chi connectivity index (χ1) is 21.7. The normalized spacial score (nSPS) is 15.9. The summed E-state index contributed by atoms with van der Waals surface area (Å²) >= 11 is 3.24. The van der Waals surface area contributed by atoms with Crippen molar-refractivity contribution < 1.29 is 8.78 Å². The van der Waals surface area contributed by atoms with Gasteiger partial charge >= 0.3 is 0 Å². The minimum Gasteiger partial charge on any atom is -0.287 e. The number of aromatic nitrogens is 8. The summed E-state index contributed by atoms with van der Waals surface area (Å²) in [4.78, 5) is 6.59. The summed E-state index contributed by atoms with van der Waals surface area (Å²) < 4.78 is 34.2. The first-order valence-corrected chi connectivity index (χ1v) is 16.0. The molecule has 4 aromatic heterocycles. The zero-order valence-corrected chi connectivity index (χ0v) is 25.2. The van der Waals surface area contributed by atoms with E-state index in [-0.39, 0.29) is 11.6 Å². The molecule has 224 valence electrons. The van der Waals surface area contributed by atoms with Gasteiger partial charge in [0, 0.05) is 47.1 Å². The van der Waals surface area contributed by atoms with Gasteiger partial charge in [0.1, 0.15) is 23.7 Å². The zero-order valence-electron chi connectivity index (χ0n) is 23.5. The fraction of sp³-hybridized carbons (Fsp3) is 0.267. The van der Waals surface area contributed by atoms with Gasteiger partial charge in [0.2, 0.25) is 0 Å². The second kappa shape index (κ2) is 12.8. The summed E-state index contributed by atoms with van der Waals surface area (Å²) in [5, 5.41) is 29.3. The van der Waals surface area contributed by atoms with E-state index in [0.29, 0.717) is 62.0 Å². The maximum atomic E-state index is 15.4. The molecule has 0 bridgehead atoms. The van der Waals surface area contributed by atoms with E-state index < -0.39 is 12.1 Å². The fourth-order valence-electron chi connectivity index (χ4n) is 5.79. The van der Waals surface area contributed by atoms with Gasteiger partial charge in [-0.25, -0.2) is 18.1 Å². The Balaban J connectivity index is 1.20. The number of halogens is 2. The van der Waals surface area contributed by atoms with Gasteiger partial charge in [-0.05, 0) is 55.9 Å². The van der Waals surface area contributed by atoms with E-state index in [4.69, 9.17) is 0 Å². The van der Waals surface area contributed by atoms with E-state index in [1.54, 1.807) is 56.3 Å². The van der Waals surface area contributed by atoms with Gasteiger partial charge in [-0.15, -0.1) is 32.9 Å². The van der Waals surface area contributed by atoms with Crippen molar-refractivity contribution in [2.24, 2.45) is 0 Å². The molecule has 14 heteroatoms. The van der Waals surface area contributed by atoms with Gasteiger partial charge < -0.3 is 0 Å². The lowest BCUT2D eigenvalue weighted by Crippen LogP contribution is -2.50. The van der Waals surface area contributed by atoms with Crippen LogP contribution in [-0.4, -0.2) is 76.4 Å². The summed E-state index contributed by atoms with van der Waals surface area (Å²) in [5.41, 5.74) is 1.02. The van der Waals surface area contributed by atoms with Crippen molar-refractivity contribution >= 4 is 22.7 Å². The first-order valence-electron chi connectivity index (χ1n) is 14.2. The predicted molar refractivity (Wildman–Crippen MR) is 162 cm³/mol. The third-order valence-corrected chi connectivity index (χ3v) is 9.58. The quantitative estimate of drug-likeness (QED) is 0.216. The van der Waals surface area contributed by atoms with Crippen LogP contribution in [0.25, 0.3) is 0 Å². The maximum Gasteiger partial charge on any atom is 0.173 e. The van der Waals surface area contributed by atoms with E-state index in [9.17, 15) is 0 Å². The number of benzene rings is 2. The molecular weight excluding hydrogens is 603 g/mol. The Hall–Kier alpha value is -4.24. The lowest BCUT2D eigenvalue weighted by molar-refractivity contribution is 0.0805. The molecule has 0 N–H and O–H groups in total. The van der Waals surface area contributed by atoms with Crippen LogP contribution < -0.4 is 0 Å². The monoisotopic (exact) mass is 630 g/mol. The Morgan fingerprint density at radius 2 is 1.02 bits per heavy atom. The highest BCUT2D eigenvalue weighted by molar-refractivity contribution is 7.10. The topological polar surface area (TPSA) is 93.7 Å². The largest absolute Gasteiger partial charge is 0.287 e. The molecule has 7 rings (SSSR count). The minimum absolute atomic E-state index is 0.317. The molecule has 2 aromatic carbocycles. The summed E-state index contributed by atoms with van der Waals surface area (Å²) in [7, 11) is 0.